The predicted octanol–water partition coefficient (Wildman–Crippen LogP) is 2.57. The summed E-state index contributed by atoms with van der Waals surface area (Å²) < 4.78 is 13.0. The molecule has 0 radical (unpaired) electrons. The van der Waals surface area contributed by atoms with Crippen LogP contribution in [0.5, 0.6) is 11.8 Å². The Morgan fingerprint density at radius 1 is 1.07 bits per heavy atom. The minimum absolute atomic E-state index is 0.0130. The second-order valence-electron chi connectivity index (χ2n) is 6.97. The smallest absolute Gasteiger partial charge is 0.316 e. The van der Waals surface area contributed by atoms with Gasteiger partial charge in [-0.2, -0.15) is 5.10 Å². The van der Waals surface area contributed by atoms with Gasteiger partial charge in [0, 0.05) is 62.7 Å². The summed E-state index contributed by atoms with van der Waals surface area (Å²) in [7, 11) is 3.44. The summed E-state index contributed by atoms with van der Waals surface area (Å²) >= 11 is 0. The van der Waals surface area contributed by atoms with Crippen LogP contribution in [0, 0.1) is 0 Å². The Morgan fingerprint density at radius 2 is 1.79 bits per heavy atom. The first-order chi connectivity index (χ1) is 14.1. The van der Waals surface area contributed by atoms with Gasteiger partial charge in [-0.05, 0) is 12.1 Å². The number of hydrogen-bond acceptors (Lipinski definition) is 6. The molecule has 0 spiro atoms. The van der Waals surface area contributed by atoms with Crippen molar-refractivity contribution in [3.05, 3.63) is 54.6 Å². The van der Waals surface area contributed by atoms with Crippen molar-refractivity contribution in [1.82, 2.24) is 24.6 Å². The number of aromatic nitrogens is 4. The maximum absolute atomic E-state index is 12.8. The molecule has 1 amide bonds. The lowest BCUT2D eigenvalue weighted by Crippen LogP contribution is -2.42. The fraction of sp³-hybridized carbons (Fsp3) is 0.333. The lowest BCUT2D eigenvalue weighted by molar-refractivity contribution is 0.0576. The van der Waals surface area contributed by atoms with E-state index < -0.39 is 0 Å². The van der Waals surface area contributed by atoms with Crippen molar-refractivity contribution in [2.24, 2.45) is 7.05 Å². The van der Waals surface area contributed by atoms with Crippen LogP contribution in [0.2, 0.25) is 0 Å². The Kier molecular flexibility index (Phi) is 5.41. The van der Waals surface area contributed by atoms with Gasteiger partial charge in [0.2, 0.25) is 0 Å². The van der Waals surface area contributed by atoms with E-state index in [-0.39, 0.29) is 12.0 Å². The molecule has 8 heteroatoms. The molecule has 1 aromatic carbocycles. The van der Waals surface area contributed by atoms with Gasteiger partial charge in [-0.1, -0.05) is 12.1 Å². The van der Waals surface area contributed by atoms with E-state index in [1.165, 1.54) is 0 Å². The molecule has 3 heterocycles. The minimum Gasteiger partial charge on any atom is -0.496 e. The average Bonchev–Trinajstić information content (AvgIpc) is 3.20. The second-order valence-corrected chi connectivity index (χ2v) is 6.97. The number of carbonyl (C=O) groups is 1. The van der Waals surface area contributed by atoms with Crippen molar-refractivity contribution in [1.29, 1.82) is 0 Å². The third-order valence-corrected chi connectivity index (χ3v) is 5.01. The highest BCUT2D eigenvalue weighted by molar-refractivity contribution is 5.97. The van der Waals surface area contributed by atoms with E-state index in [4.69, 9.17) is 9.47 Å². The van der Waals surface area contributed by atoms with Crippen LogP contribution >= 0.6 is 0 Å². The summed E-state index contributed by atoms with van der Waals surface area (Å²) in [6.45, 7) is 1.24. The average molecular weight is 393 g/mol. The summed E-state index contributed by atoms with van der Waals surface area (Å²) in [6, 6.07) is 7.65. The van der Waals surface area contributed by atoms with Crippen LogP contribution < -0.4 is 9.47 Å². The number of rotatable bonds is 5. The van der Waals surface area contributed by atoms with Crippen molar-refractivity contribution >= 4 is 5.91 Å². The summed E-state index contributed by atoms with van der Waals surface area (Å²) in [5.41, 5.74) is 2.44. The number of piperidine rings is 1. The number of carbonyl (C=O) groups excluding carboxylic acids is 1. The number of methoxy groups -OCH3 is 1. The molecule has 2 aromatic heterocycles. The first-order valence-corrected chi connectivity index (χ1v) is 9.54. The molecular formula is C21H23N5O3. The zero-order valence-corrected chi connectivity index (χ0v) is 16.5. The molecule has 1 aliphatic heterocycles. The maximum atomic E-state index is 12.8. The van der Waals surface area contributed by atoms with Crippen molar-refractivity contribution in [3.8, 4) is 22.9 Å². The van der Waals surface area contributed by atoms with E-state index in [0.717, 1.165) is 24.0 Å². The van der Waals surface area contributed by atoms with E-state index in [9.17, 15) is 4.79 Å². The molecule has 0 saturated carbocycles. The van der Waals surface area contributed by atoms with E-state index >= 15 is 0 Å². The topological polar surface area (TPSA) is 82.4 Å². The predicted molar refractivity (Wildman–Crippen MR) is 107 cm³/mol. The van der Waals surface area contributed by atoms with Crippen LogP contribution in [0.15, 0.2) is 49.1 Å². The highest BCUT2D eigenvalue weighted by atomic mass is 16.5. The van der Waals surface area contributed by atoms with Crippen LogP contribution in [0.4, 0.5) is 0 Å². The van der Waals surface area contributed by atoms with Gasteiger partial charge in [-0.25, -0.2) is 9.97 Å². The first kappa shape index (κ1) is 18.9. The molecule has 0 atom stereocenters. The van der Waals surface area contributed by atoms with Crippen molar-refractivity contribution in [2.75, 3.05) is 20.2 Å². The lowest BCUT2D eigenvalue weighted by atomic mass is 10.1. The van der Waals surface area contributed by atoms with Gasteiger partial charge in [0.25, 0.3) is 5.91 Å². The third kappa shape index (κ3) is 4.21. The van der Waals surface area contributed by atoms with Gasteiger partial charge in [0.05, 0.1) is 18.9 Å². The molecule has 0 aliphatic carbocycles. The van der Waals surface area contributed by atoms with Crippen LogP contribution in [0.3, 0.4) is 0 Å². The minimum atomic E-state index is -0.0158. The van der Waals surface area contributed by atoms with Crippen LogP contribution in [0.1, 0.15) is 23.2 Å². The Hall–Kier alpha value is -3.42. The Balaban J connectivity index is 1.33. The third-order valence-electron chi connectivity index (χ3n) is 5.01. The molecule has 1 saturated heterocycles. The van der Waals surface area contributed by atoms with Gasteiger partial charge in [0.1, 0.15) is 11.9 Å². The molecule has 8 nitrogen and oxygen atoms in total. The number of hydrogen-bond donors (Lipinski definition) is 0. The summed E-state index contributed by atoms with van der Waals surface area (Å²) in [4.78, 5) is 23.3. The number of para-hydroxylation sites is 1. The standard InChI is InChI=1S/C21H23N5O3/c1-25-14-16(13-24-25)15-11-22-21(23-12-15)29-17-7-9-26(10-8-17)20(27)18-5-3-4-6-19(18)28-2/h3-6,11-14,17H,7-10H2,1-2H3. The molecule has 0 unspecified atom stereocenters. The van der Waals surface area contributed by atoms with Crippen molar-refractivity contribution in [3.63, 3.8) is 0 Å². The highest BCUT2D eigenvalue weighted by Gasteiger charge is 2.26. The molecular weight excluding hydrogens is 370 g/mol. The molecule has 0 N–H and O–H groups in total. The normalized spacial score (nSPS) is 14.6. The van der Waals surface area contributed by atoms with Crippen LogP contribution in [0.25, 0.3) is 11.1 Å². The molecule has 150 valence electrons. The number of likely N-dealkylation sites (tertiary alicyclic amines) is 1. The molecule has 3 aromatic rings. The lowest BCUT2D eigenvalue weighted by Gasteiger charge is -2.32. The Morgan fingerprint density at radius 3 is 2.45 bits per heavy atom. The molecule has 1 aliphatic rings. The van der Waals surface area contributed by atoms with Gasteiger partial charge in [0.15, 0.2) is 0 Å². The number of nitrogens with zero attached hydrogens (tertiary/aromatic N) is 5. The summed E-state index contributed by atoms with van der Waals surface area (Å²) in [6.07, 6.45) is 8.60. The fourth-order valence-corrected chi connectivity index (χ4v) is 3.41. The summed E-state index contributed by atoms with van der Waals surface area (Å²) in [5.74, 6) is 0.580. The zero-order chi connectivity index (χ0) is 20.2. The van der Waals surface area contributed by atoms with E-state index in [1.54, 1.807) is 42.5 Å². The van der Waals surface area contributed by atoms with Crippen molar-refractivity contribution < 1.29 is 14.3 Å². The molecule has 4 rings (SSSR count). The number of benzene rings is 1. The highest BCUT2D eigenvalue weighted by Crippen LogP contribution is 2.23. The largest absolute Gasteiger partial charge is 0.496 e. The van der Waals surface area contributed by atoms with Crippen LogP contribution in [-0.4, -0.2) is 56.9 Å². The number of ether oxygens (including phenoxy) is 2. The molecule has 29 heavy (non-hydrogen) atoms. The van der Waals surface area contributed by atoms with Gasteiger partial charge in [-0.3, -0.25) is 9.48 Å². The van der Waals surface area contributed by atoms with Gasteiger partial charge in [-0.15, -0.1) is 0 Å². The van der Waals surface area contributed by atoms with Crippen LogP contribution in [-0.2, 0) is 7.05 Å². The monoisotopic (exact) mass is 393 g/mol. The second kappa shape index (κ2) is 8.30. The summed E-state index contributed by atoms with van der Waals surface area (Å²) in [5, 5.41) is 4.15. The number of aryl methyl sites for hydroxylation is 1. The Bertz CT molecular complexity index is 978. The molecule has 0 bridgehead atoms. The van der Waals surface area contributed by atoms with Crippen molar-refractivity contribution in [2.45, 2.75) is 18.9 Å². The Labute approximate surface area is 169 Å². The van der Waals surface area contributed by atoms with Gasteiger partial charge >= 0.3 is 6.01 Å². The quantitative estimate of drug-likeness (QED) is 0.663. The zero-order valence-electron chi connectivity index (χ0n) is 16.5. The van der Waals surface area contributed by atoms with Gasteiger partial charge < -0.3 is 14.4 Å². The molecule has 1 fully saturated rings. The van der Waals surface area contributed by atoms with E-state index in [2.05, 4.69) is 15.1 Å². The number of amides is 1. The van der Waals surface area contributed by atoms with E-state index in [0.29, 0.717) is 30.4 Å². The SMILES string of the molecule is COc1ccccc1C(=O)N1CCC(Oc2ncc(-c3cnn(C)c3)cn2)CC1. The maximum Gasteiger partial charge on any atom is 0.316 e. The van der Waals surface area contributed by atoms with E-state index in [1.807, 2.05) is 30.3 Å². The first-order valence-electron chi connectivity index (χ1n) is 9.54. The fourth-order valence-electron chi connectivity index (χ4n) is 3.41.